The average Bonchev–Trinajstić information content (AvgIpc) is 3.46. The Kier molecular flexibility index (Phi) is 7.33. The summed E-state index contributed by atoms with van der Waals surface area (Å²) >= 11 is 0. The van der Waals surface area contributed by atoms with Crippen molar-refractivity contribution < 1.29 is 28.2 Å². The van der Waals surface area contributed by atoms with E-state index in [4.69, 9.17) is 19.5 Å². The van der Waals surface area contributed by atoms with E-state index in [0.29, 0.717) is 30.8 Å². The number of aromatic nitrogens is 3. The predicted molar refractivity (Wildman–Crippen MR) is 121 cm³/mol. The van der Waals surface area contributed by atoms with Gasteiger partial charge in [-0.2, -0.15) is 5.26 Å². The zero-order valence-electron chi connectivity index (χ0n) is 19.6. The van der Waals surface area contributed by atoms with Gasteiger partial charge in [0.2, 0.25) is 0 Å². The van der Waals surface area contributed by atoms with Crippen LogP contribution in [0.1, 0.15) is 43.6 Å². The fourth-order valence-electron chi connectivity index (χ4n) is 4.52. The minimum atomic E-state index is -0.589. The molecule has 3 atom stereocenters. The summed E-state index contributed by atoms with van der Waals surface area (Å²) in [4.78, 5) is 27.6. The van der Waals surface area contributed by atoms with E-state index in [2.05, 4.69) is 10.3 Å². The fraction of sp³-hybridized carbons (Fsp3) is 0.522. The molecule has 0 spiro atoms. The molecule has 4 rings (SSSR count). The Bertz CT molecular complexity index is 1120. The SMILES string of the molecule is CCOC(=O)c1cn(CC2CN(c3ccc(N4CCC(OC#N)CC4CC)c(F)c3)C(=O)O2)nn1. The zero-order valence-corrected chi connectivity index (χ0v) is 19.6. The van der Waals surface area contributed by atoms with Crippen LogP contribution < -0.4 is 9.80 Å². The van der Waals surface area contributed by atoms with E-state index in [1.54, 1.807) is 25.3 Å². The molecular weight excluding hydrogens is 459 g/mol. The third kappa shape index (κ3) is 5.29. The molecule has 2 fully saturated rings. The summed E-state index contributed by atoms with van der Waals surface area (Å²) in [6.07, 6.45) is 3.94. The lowest BCUT2D eigenvalue weighted by Gasteiger charge is -2.39. The van der Waals surface area contributed by atoms with Gasteiger partial charge in [0.25, 0.3) is 6.26 Å². The number of halogens is 1. The predicted octanol–water partition coefficient (Wildman–Crippen LogP) is 2.86. The van der Waals surface area contributed by atoms with Crippen LogP contribution in [0.25, 0.3) is 0 Å². The molecule has 2 aliphatic heterocycles. The Labute approximate surface area is 201 Å². The topological polar surface area (TPSA) is 123 Å². The number of amides is 1. The maximum atomic E-state index is 15.2. The van der Waals surface area contributed by atoms with Gasteiger partial charge in [-0.1, -0.05) is 12.1 Å². The van der Waals surface area contributed by atoms with E-state index in [9.17, 15) is 9.59 Å². The summed E-state index contributed by atoms with van der Waals surface area (Å²) in [7, 11) is 0. The number of rotatable bonds is 8. The van der Waals surface area contributed by atoms with Crippen LogP contribution in [0.5, 0.6) is 0 Å². The van der Waals surface area contributed by atoms with Crippen LogP contribution in [-0.2, 0) is 20.8 Å². The van der Waals surface area contributed by atoms with Crippen molar-refractivity contribution in [2.75, 3.05) is 29.5 Å². The molecule has 12 heteroatoms. The van der Waals surface area contributed by atoms with E-state index in [1.807, 2.05) is 11.8 Å². The number of hydrogen-bond acceptors (Lipinski definition) is 9. The maximum Gasteiger partial charge on any atom is 0.414 e. The molecule has 35 heavy (non-hydrogen) atoms. The fourth-order valence-corrected chi connectivity index (χ4v) is 4.52. The Morgan fingerprint density at radius 1 is 1.37 bits per heavy atom. The number of nitriles is 1. The number of benzene rings is 1. The molecule has 0 bridgehead atoms. The second kappa shape index (κ2) is 10.6. The van der Waals surface area contributed by atoms with Crippen LogP contribution in [0.4, 0.5) is 20.6 Å². The minimum Gasteiger partial charge on any atom is -0.461 e. The van der Waals surface area contributed by atoms with Crippen molar-refractivity contribution in [1.29, 1.82) is 5.26 Å². The van der Waals surface area contributed by atoms with E-state index >= 15 is 4.39 Å². The first-order valence-electron chi connectivity index (χ1n) is 11.6. The number of ether oxygens (including phenoxy) is 3. The van der Waals surface area contributed by atoms with Crippen LogP contribution in [0.3, 0.4) is 0 Å². The van der Waals surface area contributed by atoms with Crippen LogP contribution in [0.15, 0.2) is 24.4 Å². The number of carbonyl (C=O) groups excluding carboxylic acids is 2. The second-order valence-electron chi connectivity index (χ2n) is 8.41. The van der Waals surface area contributed by atoms with E-state index < -0.39 is 24.0 Å². The van der Waals surface area contributed by atoms with Crippen molar-refractivity contribution in [3.8, 4) is 6.26 Å². The summed E-state index contributed by atoms with van der Waals surface area (Å²) in [5.41, 5.74) is 0.911. The lowest BCUT2D eigenvalue weighted by Crippen LogP contribution is -2.45. The summed E-state index contributed by atoms with van der Waals surface area (Å²) in [5, 5.41) is 16.4. The van der Waals surface area contributed by atoms with Gasteiger partial charge in [0.1, 0.15) is 18.0 Å². The summed E-state index contributed by atoms with van der Waals surface area (Å²) < 4.78 is 32.0. The molecule has 3 unspecified atom stereocenters. The number of carbonyl (C=O) groups is 2. The number of piperidine rings is 1. The van der Waals surface area contributed by atoms with Crippen LogP contribution >= 0.6 is 0 Å². The normalized spacial score (nSPS) is 22.0. The van der Waals surface area contributed by atoms with Crippen molar-refractivity contribution in [2.24, 2.45) is 0 Å². The quantitative estimate of drug-likeness (QED) is 0.409. The molecule has 2 aliphatic rings. The highest BCUT2D eigenvalue weighted by Crippen LogP contribution is 2.33. The molecule has 3 heterocycles. The van der Waals surface area contributed by atoms with Crippen molar-refractivity contribution in [3.63, 3.8) is 0 Å². The number of cyclic esters (lactones) is 1. The highest BCUT2D eigenvalue weighted by atomic mass is 19.1. The zero-order chi connectivity index (χ0) is 24.9. The van der Waals surface area contributed by atoms with Crippen molar-refractivity contribution in [2.45, 2.75) is 57.9 Å². The van der Waals surface area contributed by atoms with Gasteiger partial charge in [-0.25, -0.2) is 18.7 Å². The first-order chi connectivity index (χ1) is 16.9. The molecular formula is C23H27FN6O5. The Hall–Kier alpha value is -3.88. The number of hydrogen-bond donors (Lipinski definition) is 0. The summed E-state index contributed by atoms with van der Waals surface area (Å²) in [6, 6.07) is 4.74. The lowest BCUT2D eigenvalue weighted by atomic mass is 9.96. The monoisotopic (exact) mass is 486 g/mol. The van der Waals surface area contributed by atoms with Crippen LogP contribution in [0.2, 0.25) is 0 Å². The first kappa shape index (κ1) is 24.3. The molecule has 0 aliphatic carbocycles. The molecule has 2 aromatic rings. The van der Waals surface area contributed by atoms with Gasteiger partial charge in [-0.15, -0.1) is 5.10 Å². The number of esters is 1. The third-order valence-corrected chi connectivity index (χ3v) is 6.20. The van der Waals surface area contributed by atoms with Gasteiger partial charge < -0.3 is 19.1 Å². The van der Waals surface area contributed by atoms with Gasteiger partial charge in [-0.3, -0.25) is 4.90 Å². The van der Waals surface area contributed by atoms with E-state index in [-0.39, 0.29) is 37.5 Å². The van der Waals surface area contributed by atoms with Gasteiger partial charge in [0, 0.05) is 25.4 Å². The number of anilines is 2. The van der Waals surface area contributed by atoms with Gasteiger partial charge in [0.15, 0.2) is 5.69 Å². The standard InChI is InChI=1S/C23H27FN6O5/c1-3-15-9-17(34-14-25)7-8-29(15)21-6-5-16(10-19(21)24)30-12-18(35-23(30)32)11-28-13-20(26-27-28)22(31)33-4-2/h5-6,10,13,15,17-18H,3-4,7-9,11-12H2,1-2H3. The second-order valence-corrected chi connectivity index (χ2v) is 8.41. The molecule has 186 valence electrons. The average molecular weight is 487 g/mol. The highest BCUT2D eigenvalue weighted by molar-refractivity contribution is 5.90. The van der Waals surface area contributed by atoms with E-state index in [0.717, 1.165) is 6.42 Å². The molecule has 0 saturated carbocycles. The summed E-state index contributed by atoms with van der Waals surface area (Å²) in [5.74, 6) is -1.02. The van der Waals surface area contributed by atoms with Crippen molar-refractivity contribution >= 4 is 23.4 Å². The maximum absolute atomic E-state index is 15.2. The van der Waals surface area contributed by atoms with Gasteiger partial charge in [0.05, 0.1) is 37.3 Å². The third-order valence-electron chi connectivity index (χ3n) is 6.20. The molecule has 0 radical (unpaired) electrons. The van der Waals surface area contributed by atoms with Gasteiger partial charge >= 0.3 is 12.1 Å². The smallest absolute Gasteiger partial charge is 0.414 e. The van der Waals surface area contributed by atoms with Crippen LogP contribution in [-0.4, -0.2) is 65.0 Å². The Morgan fingerprint density at radius 2 is 2.20 bits per heavy atom. The molecule has 0 N–H and O–H groups in total. The Morgan fingerprint density at radius 3 is 2.91 bits per heavy atom. The van der Waals surface area contributed by atoms with Crippen molar-refractivity contribution in [1.82, 2.24) is 15.0 Å². The molecule has 1 amide bonds. The van der Waals surface area contributed by atoms with Crippen molar-refractivity contribution in [3.05, 3.63) is 35.9 Å². The van der Waals surface area contributed by atoms with E-state index in [1.165, 1.54) is 21.8 Å². The lowest BCUT2D eigenvalue weighted by molar-refractivity contribution is 0.0519. The Balaban J connectivity index is 1.42. The molecule has 1 aromatic heterocycles. The largest absolute Gasteiger partial charge is 0.461 e. The minimum absolute atomic E-state index is 0.0470. The molecule has 11 nitrogen and oxygen atoms in total. The molecule has 1 aromatic carbocycles. The number of nitrogens with zero attached hydrogens (tertiary/aromatic N) is 6. The summed E-state index contributed by atoms with van der Waals surface area (Å²) in [6.45, 7) is 4.89. The van der Waals surface area contributed by atoms with Gasteiger partial charge in [-0.05, 0) is 31.5 Å². The highest BCUT2D eigenvalue weighted by Gasteiger charge is 2.34. The molecule has 2 saturated heterocycles. The first-order valence-corrected chi connectivity index (χ1v) is 11.6. The van der Waals surface area contributed by atoms with Crippen LogP contribution in [0, 0.1) is 17.3 Å².